The molecule has 110 valence electrons. The number of benzene rings is 1. The van der Waals surface area contributed by atoms with E-state index in [4.69, 9.17) is 11.6 Å². The molecule has 1 aromatic rings. The van der Waals surface area contributed by atoms with Crippen LogP contribution < -0.4 is 0 Å². The van der Waals surface area contributed by atoms with Crippen LogP contribution in [0, 0.1) is 10.1 Å². The van der Waals surface area contributed by atoms with Crippen LogP contribution in [-0.4, -0.2) is 22.9 Å². The molecule has 0 aromatic heterocycles. The Morgan fingerprint density at radius 1 is 1.30 bits per heavy atom. The number of rotatable bonds is 4. The van der Waals surface area contributed by atoms with Gasteiger partial charge in [0.25, 0.3) is 5.69 Å². The zero-order valence-corrected chi connectivity index (χ0v) is 12.6. The molecule has 0 N–H and O–H groups in total. The lowest BCUT2D eigenvalue weighted by molar-refractivity contribution is -0.384. The molecule has 1 aliphatic rings. The first-order chi connectivity index (χ1) is 9.58. The summed E-state index contributed by atoms with van der Waals surface area (Å²) >= 11 is 5.84. The van der Waals surface area contributed by atoms with Crippen molar-refractivity contribution in [3.8, 4) is 0 Å². The molecule has 4 nitrogen and oxygen atoms in total. The zero-order valence-electron chi connectivity index (χ0n) is 11.8. The van der Waals surface area contributed by atoms with E-state index in [2.05, 4.69) is 11.9 Å². The van der Waals surface area contributed by atoms with Crippen molar-refractivity contribution in [1.29, 1.82) is 0 Å². The number of nitro benzene ring substituents is 1. The van der Waals surface area contributed by atoms with E-state index in [1.807, 2.05) is 6.07 Å². The van der Waals surface area contributed by atoms with Gasteiger partial charge in [0.15, 0.2) is 0 Å². The molecule has 2 rings (SSSR count). The van der Waals surface area contributed by atoms with Crippen LogP contribution in [0.1, 0.15) is 44.1 Å². The highest BCUT2D eigenvalue weighted by atomic mass is 35.5. The first-order valence-electron chi connectivity index (χ1n) is 7.21. The lowest BCUT2D eigenvalue weighted by Gasteiger charge is -2.27. The van der Waals surface area contributed by atoms with Crippen LogP contribution in [0.15, 0.2) is 18.2 Å². The van der Waals surface area contributed by atoms with Gasteiger partial charge in [-0.15, -0.1) is 0 Å². The molecule has 0 spiro atoms. The number of nitrogens with zero attached hydrogens (tertiary/aromatic N) is 2. The molecule has 0 aliphatic heterocycles. The fraction of sp³-hybridized carbons (Fsp3) is 0.600. The largest absolute Gasteiger partial charge is 0.299 e. The third-order valence-electron chi connectivity index (χ3n) is 4.09. The summed E-state index contributed by atoms with van der Waals surface area (Å²) in [6, 6.07) is 5.68. The van der Waals surface area contributed by atoms with E-state index >= 15 is 0 Å². The Labute approximate surface area is 124 Å². The van der Waals surface area contributed by atoms with Crippen molar-refractivity contribution in [3.63, 3.8) is 0 Å². The van der Waals surface area contributed by atoms with E-state index in [1.54, 1.807) is 12.1 Å². The van der Waals surface area contributed by atoms with Gasteiger partial charge in [-0.25, -0.2) is 0 Å². The zero-order chi connectivity index (χ0) is 14.5. The monoisotopic (exact) mass is 296 g/mol. The van der Waals surface area contributed by atoms with E-state index in [0.29, 0.717) is 6.04 Å². The smallest absolute Gasteiger partial charge is 0.288 e. The van der Waals surface area contributed by atoms with Crippen molar-refractivity contribution in [2.45, 2.75) is 51.1 Å². The third kappa shape index (κ3) is 3.93. The maximum Gasteiger partial charge on any atom is 0.288 e. The van der Waals surface area contributed by atoms with Gasteiger partial charge in [-0.2, -0.15) is 0 Å². The number of halogens is 1. The van der Waals surface area contributed by atoms with Crippen molar-refractivity contribution in [2.75, 3.05) is 7.05 Å². The molecule has 0 unspecified atom stereocenters. The van der Waals surface area contributed by atoms with Gasteiger partial charge in [0, 0.05) is 18.7 Å². The molecule has 0 atom stereocenters. The molecule has 1 aromatic carbocycles. The van der Waals surface area contributed by atoms with Crippen LogP contribution in [0.3, 0.4) is 0 Å². The minimum Gasteiger partial charge on any atom is -0.299 e. The van der Waals surface area contributed by atoms with Crippen molar-refractivity contribution in [1.82, 2.24) is 4.90 Å². The standard InChI is InChI=1S/C15H21ClN2O2/c1-17(13-6-4-2-3-5-7-13)11-12-8-9-14(16)15(10-12)18(19)20/h8-10,13H,2-7,11H2,1H3. The van der Waals surface area contributed by atoms with Gasteiger partial charge in [-0.05, 0) is 31.5 Å². The van der Waals surface area contributed by atoms with Gasteiger partial charge in [-0.3, -0.25) is 15.0 Å². The van der Waals surface area contributed by atoms with Crippen LogP contribution in [0.5, 0.6) is 0 Å². The first-order valence-corrected chi connectivity index (χ1v) is 7.59. The molecule has 0 amide bonds. The van der Waals surface area contributed by atoms with E-state index in [0.717, 1.165) is 12.1 Å². The summed E-state index contributed by atoms with van der Waals surface area (Å²) in [5, 5.41) is 11.1. The molecule has 1 fully saturated rings. The molecule has 20 heavy (non-hydrogen) atoms. The molecule has 1 aliphatic carbocycles. The third-order valence-corrected chi connectivity index (χ3v) is 4.41. The fourth-order valence-corrected chi connectivity index (χ4v) is 3.10. The minimum atomic E-state index is -0.419. The second-order valence-electron chi connectivity index (χ2n) is 5.60. The lowest BCUT2D eigenvalue weighted by Crippen LogP contribution is -2.30. The van der Waals surface area contributed by atoms with Crippen LogP contribution >= 0.6 is 11.6 Å². The van der Waals surface area contributed by atoms with Gasteiger partial charge in [-0.1, -0.05) is 43.4 Å². The molecule has 0 radical (unpaired) electrons. The van der Waals surface area contributed by atoms with Gasteiger partial charge >= 0.3 is 0 Å². The van der Waals surface area contributed by atoms with Crippen molar-refractivity contribution in [3.05, 3.63) is 38.9 Å². The SMILES string of the molecule is CN(Cc1ccc(Cl)c([N+](=O)[O-])c1)C1CCCCCC1. The van der Waals surface area contributed by atoms with E-state index < -0.39 is 4.92 Å². The average molecular weight is 297 g/mol. The lowest BCUT2D eigenvalue weighted by atomic mass is 10.1. The molecular weight excluding hydrogens is 276 g/mol. The van der Waals surface area contributed by atoms with Crippen LogP contribution in [0.2, 0.25) is 5.02 Å². The highest BCUT2D eigenvalue weighted by molar-refractivity contribution is 6.32. The summed E-state index contributed by atoms with van der Waals surface area (Å²) in [6.07, 6.45) is 7.69. The predicted molar refractivity (Wildman–Crippen MR) is 81.1 cm³/mol. The molecule has 0 bridgehead atoms. The number of hydrogen-bond acceptors (Lipinski definition) is 3. The van der Waals surface area contributed by atoms with Crippen LogP contribution in [-0.2, 0) is 6.54 Å². The highest BCUT2D eigenvalue weighted by Crippen LogP contribution is 2.27. The summed E-state index contributed by atoms with van der Waals surface area (Å²) in [7, 11) is 2.11. The Bertz CT molecular complexity index is 471. The molecule has 0 saturated heterocycles. The van der Waals surface area contributed by atoms with Gasteiger partial charge < -0.3 is 0 Å². The average Bonchev–Trinajstić information content (AvgIpc) is 2.69. The van der Waals surface area contributed by atoms with Crippen LogP contribution in [0.4, 0.5) is 5.69 Å². The topological polar surface area (TPSA) is 46.4 Å². The second-order valence-corrected chi connectivity index (χ2v) is 6.01. The molecule has 5 heteroatoms. The molecule has 1 saturated carbocycles. The Hall–Kier alpha value is -1.13. The Morgan fingerprint density at radius 2 is 1.95 bits per heavy atom. The molecular formula is C15H21ClN2O2. The maximum atomic E-state index is 10.9. The maximum absolute atomic E-state index is 10.9. The first kappa shape index (κ1) is 15.3. The Kier molecular flexibility index (Phi) is 5.38. The van der Waals surface area contributed by atoms with Gasteiger partial charge in [0.05, 0.1) is 4.92 Å². The van der Waals surface area contributed by atoms with Gasteiger partial charge in [0.2, 0.25) is 0 Å². The summed E-state index contributed by atoms with van der Waals surface area (Å²) in [6.45, 7) is 0.739. The van der Waals surface area contributed by atoms with Crippen molar-refractivity contribution >= 4 is 17.3 Å². The van der Waals surface area contributed by atoms with Crippen molar-refractivity contribution in [2.24, 2.45) is 0 Å². The van der Waals surface area contributed by atoms with Crippen molar-refractivity contribution < 1.29 is 4.92 Å². The summed E-state index contributed by atoms with van der Waals surface area (Å²) < 4.78 is 0. The second kappa shape index (κ2) is 7.04. The van der Waals surface area contributed by atoms with Crippen LogP contribution in [0.25, 0.3) is 0 Å². The minimum absolute atomic E-state index is 0.00145. The van der Waals surface area contributed by atoms with Gasteiger partial charge in [0.1, 0.15) is 5.02 Å². The Morgan fingerprint density at radius 3 is 2.55 bits per heavy atom. The molecule has 0 heterocycles. The number of hydrogen-bond donors (Lipinski definition) is 0. The predicted octanol–water partition coefficient (Wildman–Crippen LogP) is 4.40. The summed E-state index contributed by atoms with van der Waals surface area (Å²) in [4.78, 5) is 12.8. The van der Waals surface area contributed by atoms with E-state index in [1.165, 1.54) is 38.5 Å². The normalized spacial score (nSPS) is 17.1. The van der Waals surface area contributed by atoms with E-state index in [9.17, 15) is 10.1 Å². The Balaban J connectivity index is 2.05. The fourth-order valence-electron chi connectivity index (χ4n) is 2.91. The summed E-state index contributed by atoms with van der Waals surface area (Å²) in [5.74, 6) is 0. The highest BCUT2D eigenvalue weighted by Gasteiger charge is 2.18. The quantitative estimate of drug-likeness (QED) is 0.470. The number of nitro groups is 1. The van der Waals surface area contributed by atoms with E-state index in [-0.39, 0.29) is 10.7 Å². The summed E-state index contributed by atoms with van der Waals surface area (Å²) in [5.41, 5.74) is 0.950.